The van der Waals surface area contributed by atoms with E-state index in [1.807, 2.05) is 24.3 Å². The number of nitrogens with zero attached hydrogens (tertiary/aromatic N) is 1. The van der Waals surface area contributed by atoms with E-state index in [1.54, 1.807) is 29.3 Å². The molecule has 28 heavy (non-hydrogen) atoms. The summed E-state index contributed by atoms with van der Waals surface area (Å²) < 4.78 is 26.9. The van der Waals surface area contributed by atoms with E-state index in [2.05, 4.69) is 5.32 Å². The van der Waals surface area contributed by atoms with Crippen LogP contribution in [0.5, 0.6) is 0 Å². The second-order valence-corrected chi connectivity index (χ2v) is 11.2. The van der Waals surface area contributed by atoms with Crippen LogP contribution < -0.4 is 5.32 Å². The summed E-state index contributed by atoms with van der Waals surface area (Å²) in [4.78, 5) is 12.4. The maximum absolute atomic E-state index is 12.5. The van der Waals surface area contributed by atoms with Gasteiger partial charge in [-0.1, -0.05) is 35.9 Å². The van der Waals surface area contributed by atoms with Crippen LogP contribution >= 0.6 is 34.7 Å². The zero-order valence-corrected chi connectivity index (χ0v) is 18.5. The van der Waals surface area contributed by atoms with Gasteiger partial charge in [0.15, 0.2) is 0 Å². The van der Waals surface area contributed by atoms with Gasteiger partial charge in [-0.05, 0) is 35.9 Å². The quantitative estimate of drug-likeness (QED) is 0.610. The number of piperidine rings is 1. The smallest absolute Gasteiger partial charge is 0.252 e. The maximum atomic E-state index is 12.5. The summed E-state index contributed by atoms with van der Waals surface area (Å²) in [6.45, 7) is 1.38. The van der Waals surface area contributed by atoms with Crippen LogP contribution in [0.2, 0.25) is 5.02 Å². The van der Waals surface area contributed by atoms with E-state index in [-0.39, 0.29) is 11.8 Å². The molecule has 0 atom stereocenters. The van der Waals surface area contributed by atoms with Crippen molar-refractivity contribution in [2.45, 2.75) is 22.8 Å². The van der Waals surface area contributed by atoms with Gasteiger partial charge in [0.1, 0.15) is 4.21 Å². The molecule has 2 heterocycles. The molecule has 0 bridgehead atoms. The summed E-state index contributed by atoms with van der Waals surface area (Å²) in [7, 11) is -3.42. The number of rotatable bonds is 8. The molecule has 0 aliphatic carbocycles. The zero-order chi connectivity index (χ0) is 20.0. The van der Waals surface area contributed by atoms with Crippen molar-refractivity contribution in [3.05, 3.63) is 52.4 Å². The van der Waals surface area contributed by atoms with E-state index < -0.39 is 10.0 Å². The molecule has 1 N–H and O–H groups in total. The lowest BCUT2D eigenvalue weighted by Crippen LogP contribution is -2.43. The van der Waals surface area contributed by atoms with Crippen molar-refractivity contribution in [3.8, 4) is 0 Å². The normalized spacial score (nSPS) is 16.2. The predicted molar refractivity (Wildman–Crippen MR) is 116 cm³/mol. The number of benzene rings is 1. The van der Waals surface area contributed by atoms with Gasteiger partial charge in [-0.3, -0.25) is 4.79 Å². The van der Waals surface area contributed by atoms with Gasteiger partial charge < -0.3 is 5.32 Å². The second-order valence-electron chi connectivity index (χ2n) is 6.55. The Morgan fingerprint density at radius 3 is 2.64 bits per heavy atom. The van der Waals surface area contributed by atoms with Gasteiger partial charge in [0.2, 0.25) is 5.91 Å². The molecule has 0 radical (unpaired) electrons. The molecule has 0 saturated carbocycles. The molecule has 1 aliphatic heterocycles. The van der Waals surface area contributed by atoms with Gasteiger partial charge in [-0.15, -0.1) is 11.3 Å². The highest BCUT2D eigenvalue weighted by atomic mass is 35.5. The van der Waals surface area contributed by atoms with Gasteiger partial charge in [-0.2, -0.15) is 16.1 Å². The highest BCUT2D eigenvalue weighted by Gasteiger charge is 2.32. The molecule has 2 aromatic rings. The first-order chi connectivity index (χ1) is 13.5. The first kappa shape index (κ1) is 21.6. The third kappa shape index (κ3) is 5.51. The number of halogens is 1. The Morgan fingerprint density at radius 1 is 1.21 bits per heavy atom. The molecule has 1 aromatic heterocycles. The molecule has 0 spiro atoms. The van der Waals surface area contributed by atoms with Crippen LogP contribution in [-0.4, -0.2) is 44.0 Å². The Hall–Kier alpha value is -1.06. The number of nitrogens with one attached hydrogen (secondary N) is 1. The standard InChI is InChI=1S/C19H23ClN2O3S3/c20-17-5-2-1-4-16(17)14-26-13-9-21-19(23)15-7-10-22(11-8-15)28(24,25)18-6-3-12-27-18/h1-6,12,15H,7-11,13-14H2,(H,21,23). The van der Waals surface area contributed by atoms with Crippen molar-refractivity contribution in [1.82, 2.24) is 9.62 Å². The van der Waals surface area contributed by atoms with Gasteiger partial charge in [0.25, 0.3) is 10.0 Å². The topological polar surface area (TPSA) is 66.5 Å². The van der Waals surface area contributed by atoms with E-state index >= 15 is 0 Å². The zero-order valence-electron chi connectivity index (χ0n) is 15.3. The molecule has 1 aliphatic rings. The van der Waals surface area contributed by atoms with E-state index in [4.69, 9.17) is 11.6 Å². The third-order valence-corrected chi connectivity index (χ3v) is 9.32. The fraction of sp³-hybridized carbons (Fsp3) is 0.421. The van der Waals surface area contributed by atoms with Gasteiger partial charge in [0.05, 0.1) is 0 Å². The maximum Gasteiger partial charge on any atom is 0.252 e. The van der Waals surface area contributed by atoms with Crippen LogP contribution in [0, 0.1) is 5.92 Å². The van der Waals surface area contributed by atoms with Crippen LogP contribution in [0.1, 0.15) is 18.4 Å². The average molecular weight is 459 g/mol. The largest absolute Gasteiger partial charge is 0.355 e. The van der Waals surface area contributed by atoms with E-state index in [9.17, 15) is 13.2 Å². The minimum Gasteiger partial charge on any atom is -0.355 e. The Bertz CT molecular complexity index is 880. The summed E-state index contributed by atoms with van der Waals surface area (Å²) >= 11 is 9.09. The van der Waals surface area contributed by atoms with Crippen molar-refractivity contribution >= 4 is 50.6 Å². The fourth-order valence-corrected chi connectivity index (χ4v) is 6.84. The highest BCUT2D eigenvalue weighted by Crippen LogP contribution is 2.26. The fourth-order valence-electron chi connectivity index (χ4n) is 3.08. The summed E-state index contributed by atoms with van der Waals surface area (Å²) in [6, 6.07) is 11.1. The van der Waals surface area contributed by atoms with Crippen LogP contribution in [0.15, 0.2) is 46.0 Å². The van der Waals surface area contributed by atoms with Crippen LogP contribution in [0.4, 0.5) is 0 Å². The average Bonchev–Trinajstić information content (AvgIpc) is 3.25. The molecule has 1 saturated heterocycles. The molecular weight excluding hydrogens is 436 g/mol. The van der Waals surface area contributed by atoms with E-state index in [0.717, 1.165) is 22.1 Å². The molecule has 1 fully saturated rings. The van der Waals surface area contributed by atoms with Crippen LogP contribution in [-0.2, 0) is 20.6 Å². The number of carbonyl (C=O) groups is 1. The lowest BCUT2D eigenvalue weighted by molar-refractivity contribution is -0.125. The summed E-state index contributed by atoms with van der Waals surface area (Å²) in [6.07, 6.45) is 1.12. The number of hydrogen-bond acceptors (Lipinski definition) is 5. The number of sulfonamides is 1. The Morgan fingerprint density at radius 2 is 1.96 bits per heavy atom. The van der Waals surface area contributed by atoms with E-state index in [0.29, 0.717) is 36.7 Å². The monoisotopic (exact) mass is 458 g/mol. The van der Waals surface area contributed by atoms with Crippen molar-refractivity contribution in [3.63, 3.8) is 0 Å². The molecule has 9 heteroatoms. The summed E-state index contributed by atoms with van der Waals surface area (Å²) in [5, 5.41) is 5.50. The van der Waals surface area contributed by atoms with E-state index in [1.165, 1.54) is 15.6 Å². The number of thiophene rings is 1. The van der Waals surface area contributed by atoms with Gasteiger partial charge >= 0.3 is 0 Å². The van der Waals surface area contributed by atoms with Gasteiger partial charge in [-0.25, -0.2) is 8.42 Å². The Balaban J connectivity index is 1.37. The number of carbonyl (C=O) groups excluding carboxylic acids is 1. The third-order valence-electron chi connectivity index (χ3n) is 4.67. The van der Waals surface area contributed by atoms with Crippen molar-refractivity contribution < 1.29 is 13.2 Å². The first-order valence-corrected chi connectivity index (χ1v) is 13.0. The second kappa shape index (κ2) is 10.1. The summed E-state index contributed by atoms with van der Waals surface area (Å²) in [5.74, 6) is 1.52. The number of amides is 1. The molecule has 152 valence electrons. The first-order valence-electron chi connectivity index (χ1n) is 9.11. The lowest BCUT2D eigenvalue weighted by Gasteiger charge is -2.30. The molecule has 3 rings (SSSR count). The molecule has 5 nitrogen and oxygen atoms in total. The molecule has 0 unspecified atom stereocenters. The van der Waals surface area contributed by atoms with Gasteiger partial charge in [0, 0.05) is 42.1 Å². The van der Waals surface area contributed by atoms with Crippen molar-refractivity contribution in [1.29, 1.82) is 0 Å². The number of thioether (sulfide) groups is 1. The summed E-state index contributed by atoms with van der Waals surface area (Å²) in [5.41, 5.74) is 1.10. The van der Waals surface area contributed by atoms with Crippen LogP contribution in [0.3, 0.4) is 0 Å². The number of hydrogen-bond donors (Lipinski definition) is 1. The predicted octanol–water partition coefficient (Wildman–Crippen LogP) is 3.85. The minimum absolute atomic E-state index is 0.0199. The lowest BCUT2D eigenvalue weighted by atomic mass is 9.97. The van der Waals surface area contributed by atoms with Crippen molar-refractivity contribution in [2.24, 2.45) is 5.92 Å². The highest BCUT2D eigenvalue weighted by molar-refractivity contribution is 7.98. The minimum atomic E-state index is -3.42. The Kier molecular flexibility index (Phi) is 7.82. The van der Waals surface area contributed by atoms with Crippen LogP contribution in [0.25, 0.3) is 0 Å². The SMILES string of the molecule is O=C(NCCSCc1ccccc1Cl)C1CCN(S(=O)(=O)c2cccs2)CC1. The molecule has 1 aromatic carbocycles. The van der Waals surface area contributed by atoms with Crippen molar-refractivity contribution in [2.75, 3.05) is 25.4 Å². The molecular formula is C19H23ClN2O3S3. The Labute approximate surface area is 179 Å². The molecule has 1 amide bonds.